The summed E-state index contributed by atoms with van der Waals surface area (Å²) in [5.74, 6) is -1.00. The summed E-state index contributed by atoms with van der Waals surface area (Å²) >= 11 is 1.09. The summed E-state index contributed by atoms with van der Waals surface area (Å²) < 4.78 is 3.80. The number of carbonyl (C=O) groups is 2. The van der Waals surface area contributed by atoms with Crippen LogP contribution in [0.4, 0.5) is 0 Å². The second kappa shape index (κ2) is 5.43. The number of carboxylic acid groups (broad SMARTS) is 1. The average molecular weight is 269 g/mol. The van der Waals surface area contributed by atoms with Crippen molar-refractivity contribution in [1.82, 2.24) is 14.5 Å². The fraction of sp³-hybridized carbons (Fsp3) is 0.636. The molecule has 0 atom stereocenters. The molecule has 0 unspecified atom stereocenters. The van der Waals surface area contributed by atoms with Gasteiger partial charge < -0.3 is 10.0 Å². The van der Waals surface area contributed by atoms with E-state index in [0.29, 0.717) is 17.0 Å². The first kappa shape index (κ1) is 12.9. The number of carboxylic acids is 1. The van der Waals surface area contributed by atoms with E-state index in [-0.39, 0.29) is 24.9 Å². The summed E-state index contributed by atoms with van der Waals surface area (Å²) in [6.07, 6.45) is 2.56. The zero-order chi connectivity index (χ0) is 13.1. The fourth-order valence-electron chi connectivity index (χ4n) is 1.79. The van der Waals surface area contributed by atoms with Gasteiger partial charge in [-0.3, -0.25) is 9.59 Å². The van der Waals surface area contributed by atoms with Crippen molar-refractivity contribution < 1.29 is 14.7 Å². The monoisotopic (exact) mass is 269 g/mol. The van der Waals surface area contributed by atoms with Crippen molar-refractivity contribution >= 4 is 23.4 Å². The Hall–Kier alpha value is -1.50. The van der Waals surface area contributed by atoms with Crippen molar-refractivity contribution in [2.24, 2.45) is 0 Å². The maximum absolute atomic E-state index is 12.3. The Morgan fingerprint density at radius 2 is 2.22 bits per heavy atom. The van der Waals surface area contributed by atoms with Crippen LogP contribution >= 0.6 is 11.5 Å². The minimum atomic E-state index is -0.883. The maximum Gasteiger partial charge on any atom is 0.305 e. The summed E-state index contributed by atoms with van der Waals surface area (Å²) in [6, 6.07) is 0.198. The largest absolute Gasteiger partial charge is 0.481 e. The first-order valence-electron chi connectivity index (χ1n) is 5.97. The van der Waals surface area contributed by atoms with Gasteiger partial charge in [0.25, 0.3) is 5.91 Å². The molecule has 6 nitrogen and oxygen atoms in total. The van der Waals surface area contributed by atoms with Gasteiger partial charge in [-0.15, -0.1) is 5.10 Å². The van der Waals surface area contributed by atoms with Crippen LogP contribution in [0.5, 0.6) is 0 Å². The molecule has 2 rings (SSSR count). The smallest absolute Gasteiger partial charge is 0.305 e. The number of rotatable bonds is 6. The molecular weight excluding hydrogens is 254 g/mol. The number of nitrogens with zero attached hydrogens (tertiary/aromatic N) is 3. The highest BCUT2D eigenvalue weighted by Crippen LogP contribution is 2.29. The van der Waals surface area contributed by atoms with Gasteiger partial charge in [0.05, 0.1) is 12.1 Å². The van der Waals surface area contributed by atoms with Gasteiger partial charge in [0.15, 0.2) is 0 Å². The second-order valence-electron chi connectivity index (χ2n) is 4.28. The third-order valence-electron chi connectivity index (χ3n) is 2.90. The zero-order valence-corrected chi connectivity index (χ0v) is 10.9. The summed E-state index contributed by atoms with van der Waals surface area (Å²) in [4.78, 5) is 25.2. The molecule has 1 aromatic heterocycles. The lowest BCUT2D eigenvalue weighted by atomic mass is 10.2. The maximum atomic E-state index is 12.3. The van der Waals surface area contributed by atoms with Crippen LogP contribution < -0.4 is 0 Å². The van der Waals surface area contributed by atoms with Gasteiger partial charge in [-0.05, 0) is 30.8 Å². The van der Waals surface area contributed by atoms with Crippen LogP contribution in [0.1, 0.15) is 41.6 Å². The molecule has 98 valence electrons. The van der Waals surface area contributed by atoms with Gasteiger partial charge in [-0.1, -0.05) is 11.4 Å². The Bertz CT molecular complexity index is 456. The number of aliphatic carboxylic acids is 1. The topological polar surface area (TPSA) is 83.4 Å². The lowest BCUT2D eigenvalue weighted by molar-refractivity contribution is -0.137. The first-order chi connectivity index (χ1) is 8.63. The van der Waals surface area contributed by atoms with Crippen LogP contribution in [0.3, 0.4) is 0 Å². The van der Waals surface area contributed by atoms with Crippen molar-refractivity contribution in [2.45, 2.75) is 38.6 Å². The summed E-state index contributed by atoms with van der Waals surface area (Å²) in [7, 11) is 0. The molecule has 1 aliphatic rings. The number of carbonyl (C=O) groups excluding carboxylic acids is 1. The minimum absolute atomic E-state index is 0.0179. The van der Waals surface area contributed by atoms with E-state index >= 15 is 0 Å². The standard InChI is InChI=1S/C11H15N3O3S/c1-2-8-10(18-13-12-8)11(17)14(7-3-4-7)6-5-9(15)16/h7H,2-6H2,1H3,(H,15,16). The Labute approximate surface area is 109 Å². The Morgan fingerprint density at radius 1 is 1.50 bits per heavy atom. The first-order valence-corrected chi connectivity index (χ1v) is 6.74. The van der Waals surface area contributed by atoms with E-state index in [1.165, 1.54) is 0 Å². The van der Waals surface area contributed by atoms with E-state index < -0.39 is 5.97 Å². The molecule has 0 spiro atoms. The fourth-order valence-corrected chi connectivity index (χ4v) is 2.49. The molecular formula is C11H15N3O3S. The lowest BCUT2D eigenvalue weighted by Crippen LogP contribution is -2.35. The molecule has 1 heterocycles. The molecule has 0 aromatic carbocycles. The average Bonchev–Trinajstić information content (AvgIpc) is 3.06. The molecule has 1 aromatic rings. The van der Waals surface area contributed by atoms with Crippen molar-refractivity contribution in [3.63, 3.8) is 0 Å². The molecule has 1 N–H and O–H groups in total. The minimum Gasteiger partial charge on any atom is -0.481 e. The molecule has 18 heavy (non-hydrogen) atoms. The van der Waals surface area contributed by atoms with Crippen LogP contribution in [0, 0.1) is 0 Å². The van der Waals surface area contributed by atoms with E-state index in [1.54, 1.807) is 4.90 Å². The molecule has 0 aliphatic heterocycles. The number of hydrogen-bond donors (Lipinski definition) is 1. The van der Waals surface area contributed by atoms with Gasteiger partial charge in [0.1, 0.15) is 4.88 Å². The summed E-state index contributed by atoms with van der Waals surface area (Å²) in [5.41, 5.74) is 0.700. The van der Waals surface area contributed by atoms with Crippen LogP contribution in [0.15, 0.2) is 0 Å². The third-order valence-corrected chi connectivity index (χ3v) is 3.66. The van der Waals surface area contributed by atoms with Crippen molar-refractivity contribution in [3.8, 4) is 0 Å². The van der Waals surface area contributed by atoms with Gasteiger partial charge >= 0.3 is 5.97 Å². The van der Waals surface area contributed by atoms with E-state index in [0.717, 1.165) is 24.4 Å². The van der Waals surface area contributed by atoms with Gasteiger partial charge in [-0.2, -0.15) is 0 Å². The third kappa shape index (κ3) is 2.84. The van der Waals surface area contributed by atoms with E-state index in [1.807, 2.05) is 6.92 Å². The van der Waals surface area contributed by atoms with Gasteiger partial charge in [0, 0.05) is 12.6 Å². The van der Waals surface area contributed by atoms with Gasteiger partial charge in [-0.25, -0.2) is 0 Å². The van der Waals surface area contributed by atoms with Crippen LogP contribution in [0.25, 0.3) is 0 Å². The molecule has 1 saturated carbocycles. The number of amides is 1. The van der Waals surface area contributed by atoms with Crippen LogP contribution in [-0.2, 0) is 11.2 Å². The number of aromatic nitrogens is 2. The summed E-state index contributed by atoms with van der Waals surface area (Å²) in [6.45, 7) is 2.19. The quantitative estimate of drug-likeness (QED) is 0.838. The van der Waals surface area contributed by atoms with Crippen LogP contribution in [0.2, 0.25) is 0 Å². The highest BCUT2D eigenvalue weighted by Gasteiger charge is 2.34. The highest BCUT2D eigenvalue weighted by atomic mass is 32.1. The molecule has 0 saturated heterocycles. The molecule has 1 fully saturated rings. The molecule has 0 radical (unpaired) electrons. The van der Waals surface area contributed by atoms with Crippen molar-refractivity contribution in [2.75, 3.05) is 6.54 Å². The molecule has 1 amide bonds. The van der Waals surface area contributed by atoms with E-state index in [4.69, 9.17) is 5.11 Å². The predicted molar refractivity (Wildman–Crippen MR) is 65.6 cm³/mol. The highest BCUT2D eigenvalue weighted by molar-refractivity contribution is 7.08. The van der Waals surface area contributed by atoms with Crippen molar-refractivity contribution in [1.29, 1.82) is 0 Å². The lowest BCUT2D eigenvalue weighted by Gasteiger charge is -2.20. The predicted octanol–water partition coefficient (Wildman–Crippen LogP) is 1.18. The molecule has 7 heteroatoms. The second-order valence-corrected chi connectivity index (χ2v) is 5.03. The SMILES string of the molecule is CCc1nnsc1C(=O)N(CCC(=O)O)C1CC1. The number of aryl methyl sites for hydroxylation is 1. The van der Waals surface area contributed by atoms with Crippen LogP contribution in [-0.4, -0.2) is 44.1 Å². The van der Waals surface area contributed by atoms with E-state index in [2.05, 4.69) is 9.59 Å². The normalized spacial score (nSPS) is 14.5. The van der Waals surface area contributed by atoms with Crippen molar-refractivity contribution in [3.05, 3.63) is 10.6 Å². The Kier molecular flexibility index (Phi) is 3.90. The Balaban J connectivity index is 2.10. The van der Waals surface area contributed by atoms with E-state index in [9.17, 15) is 9.59 Å². The van der Waals surface area contributed by atoms with Gasteiger partial charge in [0.2, 0.25) is 0 Å². The Morgan fingerprint density at radius 3 is 2.78 bits per heavy atom. The summed E-state index contributed by atoms with van der Waals surface area (Å²) in [5, 5.41) is 12.6. The zero-order valence-electron chi connectivity index (χ0n) is 10.1. The molecule has 0 bridgehead atoms. The number of hydrogen-bond acceptors (Lipinski definition) is 5. The molecule has 1 aliphatic carbocycles.